The highest BCUT2D eigenvalue weighted by Gasteiger charge is 2.25. The average Bonchev–Trinajstić information content (AvgIpc) is 3.16. The molecule has 0 N–H and O–H groups in total. The first-order valence-electron chi connectivity index (χ1n) is 10.4. The lowest BCUT2D eigenvalue weighted by molar-refractivity contribution is -0.139. The molecule has 0 fully saturated rings. The Hall–Kier alpha value is -3.12. The quantitative estimate of drug-likeness (QED) is 0.473. The molecule has 0 spiro atoms. The van der Waals surface area contributed by atoms with Gasteiger partial charge in [-0.3, -0.25) is 4.79 Å². The molecule has 1 heterocycles. The summed E-state index contributed by atoms with van der Waals surface area (Å²) in [6, 6.07) is 17.6. The number of methoxy groups -OCH3 is 1. The third kappa shape index (κ3) is 5.33. The summed E-state index contributed by atoms with van der Waals surface area (Å²) in [5.41, 5.74) is 2.48. The molecule has 0 saturated heterocycles. The van der Waals surface area contributed by atoms with Crippen molar-refractivity contribution in [3.8, 4) is 28.4 Å². The van der Waals surface area contributed by atoms with Gasteiger partial charge in [0.2, 0.25) is 0 Å². The van der Waals surface area contributed by atoms with Crippen LogP contribution in [0.25, 0.3) is 16.9 Å². The zero-order valence-corrected chi connectivity index (χ0v) is 19.0. The second-order valence-electron chi connectivity index (χ2n) is 8.15. The first-order valence-corrected chi connectivity index (χ1v) is 10.4. The average molecular weight is 423 g/mol. The number of Topliss-reactive ketones (excluding diaryl/α,β-unsaturated/α-hetero) is 1. The largest absolute Gasteiger partial charge is 0.497 e. The highest BCUT2D eigenvalue weighted by molar-refractivity contribution is 5.83. The van der Waals surface area contributed by atoms with E-state index >= 15 is 0 Å². The molecule has 3 aromatic rings. The number of hydrogen-bond acceptors (Lipinski definition) is 5. The summed E-state index contributed by atoms with van der Waals surface area (Å²) in [6.07, 6.45) is 0.0242. The highest BCUT2D eigenvalue weighted by Crippen LogP contribution is 2.31. The molecule has 31 heavy (non-hydrogen) atoms. The van der Waals surface area contributed by atoms with E-state index in [2.05, 4.69) is 0 Å². The number of carbonyl (C=O) groups excluding carboxylic acids is 1. The Morgan fingerprint density at radius 3 is 2.52 bits per heavy atom. The van der Waals surface area contributed by atoms with Gasteiger partial charge in [-0.2, -0.15) is 5.10 Å². The number of para-hydroxylation sites is 2. The van der Waals surface area contributed by atoms with Crippen LogP contribution in [0.3, 0.4) is 0 Å². The SMILES string of the molecule is COc1cccc(-c2cc(COC(C)(C)C(C)=O)nn2-c2ccccc2OC(C)C)c1. The molecule has 6 heteroatoms. The van der Waals surface area contributed by atoms with Gasteiger partial charge in [-0.15, -0.1) is 0 Å². The number of benzene rings is 2. The molecule has 2 aromatic carbocycles. The first kappa shape index (κ1) is 22.6. The van der Waals surface area contributed by atoms with Crippen LogP contribution in [-0.4, -0.2) is 34.4 Å². The van der Waals surface area contributed by atoms with Gasteiger partial charge in [0.1, 0.15) is 22.8 Å². The fourth-order valence-corrected chi connectivity index (χ4v) is 3.01. The van der Waals surface area contributed by atoms with Crippen LogP contribution in [0.4, 0.5) is 0 Å². The van der Waals surface area contributed by atoms with Gasteiger partial charge in [-0.05, 0) is 65.0 Å². The second kappa shape index (κ2) is 9.35. The molecule has 3 rings (SSSR count). The number of aromatic nitrogens is 2. The molecular formula is C25H30N2O4. The summed E-state index contributed by atoms with van der Waals surface area (Å²) in [6.45, 7) is 9.25. The van der Waals surface area contributed by atoms with Gasteiger partial charge in [0.25, 0.3) is 0 Å². The lowest BCUT2D eigenvalue weighted by Gasteiger charge is -2.21. The molecule has 164 valence electrons. The maximum Gasteiger partial charge on any atom is 0.161 e. The number of ketones is 1. The molecule has 1 aromatic heterocycles. The molecule has 0 aliphatic heterocycles. The first-order chi connectivity index (χ1) is 14.7. The second-order valence-corrected chi connectivity index (χ2v) is 8.15. The molecule has 0 saturated carbocycles. The number of ether oxygens (including phenoxy) is 3. The van der Waals surface area contributed by atoms with Crippen molar-refractivity contribution in [1.82, 2.24) is 9.78 Å². The Morgan fingerprint density at radius 2 is 1.84 bits per heavy atom. The summed E-state index contributed by atoms with van der Waals surface area (Å²) >= 11 is 0. The van der Waals surface area contributed by atoms with E-state index in [1.165, 1.54) is 6.92 Å². The standard InChI is InChI=1S/C25H30N2O4/c1-17(2)31-24-13-8-7-12-22(24)27-23(19-10-9-11-21(14-19)29-6)15-20(26-27)16-30-25(4,5)18(3)28/h7-15,17H,16H2,1-6H3. The Morgan fingerprint density at radius 1 is 1.10 bits per heavy atom. The lowest BCUT2D eigenvalue weighted by atomic mass is 10.1. The van der Waals surface area contributed by atoms with Crippen LogP contribution in [-0.2, 0) is 16.1 Å². The van der Waals surface area contributed by atoms with Crippen molar-refractivity contribution in [2.75, 3.05) is 7.11 Å². The maximum atomic E-state index is 11.8. The zero-order chi connectivity index (χ0) is 22.6. The number of hydrogen-bond donors (Lipinski definition) is 0. The summed E-state index contributed by atoms with van der Waals surface area (Å²) in [5.74, 6) is 1.46. The normalized spacial score (nSPS) is 11.6. The van der Waals surface area contributed by atoms with Crippen molar-refractivity contribution >= 4 is 5.78 Å². The molecule has 0 aliphatic rings. The van der Waals surface area contributed by atoms with Gasteiger partial charge in [0, 0.05) is 5.56 Å². The third-order valence-corrected chi connectivity index (χ3v) is 5.01. The van der Waals surface area contributed by atoms with Crippen molar-refractivity contribution in [2.45, 2.75) is 52.9 Å². The van der Waals surface area contributed by atoms with Crippen LogP contribution in [0, 0.1) is 0 Å². The highest BCUT2D eigenvalue weighted by atomic mass is 16.5. The molecule has 0 radical (unpaired) electrons. The number of carbonyl (C=O) groups is 1. The van der Waals surface area contributed by atoms with Gasteiger partial charge in [0.05, 0.1) is 31.2 Å². The lowest BCUT2D eigenvalue weighted by Crippen LogP contribution is -2.32. The van der Waals surface area contributed by atoms with Crippen molar-refractivity contribution < 1.29 is 19.0 Å². The van der Waals surface area contributed by atoms with E-state index in [-0.39, 0.29) is 18.5 Å². The van der Waals surface area contributed by atoms with Gasteiger partial charge in [-0.1, -0.05) is 24.3 Å². The van der Waals surface area contributed by atoms with E-state index in [9.17, 15) is 4.79 Å². The van der Waals surface area contributed by atoms with Crippen LogP contribution in [0.15, 0.2) is 54.6 Å². The van der Waals surface area contributed by atoms with Crippen LogP contribution in [0.5, 0.6) is 11.5 Å². The van der Waals surface area contributed by atoms with E-state index in [1.54, 1.807) is 21.0 Å². The minimum Gasteiger partial charge on any atom is -0.497 e. The van der Waals surface area contributed by atoms with Gasteiger partial charge < -0.3 is 14.2 Å². The van der Waals surface area contributed by atoms with Crippen molar-refractivity contribution in [2.24, 2.45) is 0 Å². The van der Waals surface area contributed by atoms with Crippen LogP contribution in [0.2, 0.25) is 0 Å². The smallest absolute Gasteiger partial charge is 0.161 e. The minimum atomic E-state index is -0.876. The third-order valence-electron chi connectivity index (χ3n) is 5.01. The summed E-state index contributed by atoms with van der Waals surface area (Å²) in [7, 11) is 1.64. The Bertz CT molecular complexity index is 1050. The topological polar surface area (TPSA) is 62.6 Å². The molecule has 0 unspecified atom stereocenters. The fraction of sp³-hybridized carbons (Fsp3) is 0.360. The molecule has 0 atom stereocenters. The fourth-order valence-electron chi connectivity index (χ4n) is 3.01. The van der Waals surface area contributed by atoms with Gasteiger partial charge >= 0.3 is 0 Å². The Kier molecular flexibility index (Phi) is 6.81. The monoisotopic (exact) mass is 422 g/mol. The van der Waals surface area contributed by atoms with Gasteiger partial charge in [0.15, 0.2) is 5.78 Å². The minimum absolute atomic E-state index is 0.0242. The Labute approximate surface area is 183 Å². The van der Waals surface area contributed by atoms with Crippen LogP contribution >= 0.6 is 0 Å². The van der Waals surface area contributed by atoms with Gasteiger partial charge in [-0.25, -0.2) is 4.68 Å². The van der Waals surface area contributed by atoms with Crippen molar-refractivity contribution in [3.63, 3.8) is 0 Å². The van der Waals surface area contributed by atoms with E-state index in [0.717, 1.165) is 28.4 Å². The van der Waals surface area contributed by atoms with E-state index in [1.807, 2.05) is 73.1 Å². The molecule has 0 aliphatic carbocycles. The summed E-state index contributed by atoms with van der Waals surface area (Å²) in [5, 5.41) is 4.80. The van der Waals surface area contributed by atoms with Crippen LogP contribution in [0.1, 0.15) is 40.3 Å². The van der Waals surface area contributed by atoms with E-state index < -0.39 is 5.60 Å². The molecule has 6 nitrogen and oxygen atoms in total. The predicted molar refractivity (Wildman–Crippen MR) is 121 cm³/mol. The summed E-state index contributed by atoms with van der Waals surface area (Å²) < 4.78 is 19.2. The van der Waals surface area contributed by atoms with E-state index in [0.29, 0.717) is 5.69 Å². The molecule has 0 bridgehead atoms. The number of nitrogens with zero attached hydrogens (tertiary/aromatic N) is 2. The molecule has 0 amide bonds. The number of rotatable bonds is 9. The summed E-state index contributed by atoms with van der Waals surface area (Å²) in [4.78, 5) is 11.8. The van der Waals surface area contributed by atoms with E-state index in [4.69, 9.17) is 19.3 Å². The zero-order valence-electron chi connectivity index (χ0n) is 19.0. The Balaban J connectivity index is 2.09. The molecular weight excluding hydrogens is 392 g/mol. The van der Waals surface area contributed by atoms with Crippen molar-refractivity contribution in [3.05, 3.63) is 60.3 Å². The van der Waals surface area contributed by atoms with Crippen LogP contribution < -0.4 is 9.47 Å². The van der Waals surface area contributed by atoms with Crippen molar-refractivity contribution in [1.29, 1.82) is 0 Å². The predicted octanol–water partition coefficient (Wildman–Crippen LogP) is 5.22. The maximum absolute atomic E-state index is 11.8.